The summed E-state index contributed by atoms with van der Waals surface area (Å²) in [7, 11) is 0.309. The summed E-state index contributed by atoms with van der Waals surface area (Å²) in [5.41, 5.74) is 0.888. The lowest BCUT2D eigenvalue weighted by Gasteiger charge is -2.06. The van der Waals surface area contributed by atoms with Crippen LogP contribution in [0.15, 0.2) is 30.3 Å². The first kappa shape index (κ1) is 9.78. The minimum atomic E-state index is 0.303. The van der Waals surface area contributed by atoms with Crippen molar-refractivity contribution in [3.05, 3.63) is 35.9 Å². The summed E-state index contributed by atoms with van der Waals surface area (Å²) in [6.45, 7) is 0. The van der Waals surface area contributed by atoms with Gasteiger partial charge in [0.15, 0.2) is 5.25 Å². The molecular weight excluding hydrogens is 192 g/mol. The lowest BCUT2D eigenvalue weighted by Crippen LogP contribution is -2.25. The third-order valence-corrected chi connectivity index (χ3v) is 5.12. The van der Waals surface area contributed by atoms with Crippen molar-refractivity contribution in [1.29, 1.82) is 0 Å². The van der Waals surface area contributed by atoms with Crippen molar-refractivity contribution < 1.29 is 4.79 Å². The minimum absolute atomic E-state index is 0.303. The summed E-state index contributed by atoms with van der Waals surface area (Å²) < 4.78 is 0. The third-order valence-electron chi connectivity index (χ3n) is 2.77. The van der Waals surface area contributed by atoms with E-state index < -0.39 is 0 Å². The first-order chi connectivity index (χ1) is 6.79. The van der Waals surface area contributed by atoms with E-state index in [1.165, 1.54) is 12.2 Å². The van der Waals surface area contributed by atoms with Gasteiger partial charge in [0.2, 0.25) is 5.78 Å². The average molecular weight is 207 g/mol. The Morgan fingerprint density at radius 2 is 2.07 bits per heavy atom. The van der Waals surface area contributed by atoms with Crippen LogP contribution in [0.1, 0.15) is 23.2 Å². The number of hydrogen-bond donors (Lipinski definition) is 0. The van der Waals surface area contributed by atoms with E-state index >= 15 is 0 Å². The van der Waals surface area contributed by atoms with Gasteiger partial charge in [0.25, 0.3) is 0 Å². The largest absolute Gasteiger partial charge is 0.288 e. The van der Waals surface area contributed by atoms with Gasteiger partial charge in [0.05, 0.1) is 6.26 Å². The Balaban J connectivity index is 2.16. The molecule has 2 heteroatoms. The lowest BCUT2D eigenvalue weighted by atomic mass is 10.1. The average Bonchev–Trinajstić information content (AvgIpc) is 2.65. The molecule has 1 aromatic rings. The molecule has 2 atom stereocenters. The maximum Gasteiger partial charge on any atom is 0.214 e. The number of carbonyl (C=O) groups is 1. The molecule has 1 heterocycles. The van der Waals surface area contributed by atoms with Gasteiger partial charge in [0.1, 0.15) is 5.75 Å². The second-order valence-electron chi connectivity index (χ2n) is 3.76. The van der Waals surface area contributed by atoms with Crippen LogP contribution in [0.3, 0.4) is 0 Å². The fraction of sp³-hybridized carbons (Fsp3) is 0.417. The van der Waals surface area contributed by atoms with Crippen molar-refractivity contribution in [3.8, 4) is 0 Å². The summed E-state index contributed by atoms with van der Waals surface area (Å²) in [4.78, 5) is 12.1. The molecule has 0 aliphatic carbocycles. The van der Waals surface area contributed by atoms with Gasteiger partial charge in [-0.2, -0.15) is 0 Å². The van der Waals surface area contributed by atoms with Crippen molar-refractivity contribution in [2.45, 2.75) is 18.1 Å². The molecule has 2 rings (SSSR count). The predicted molar refractivity (Wildman–Crippen MR) is 62.0 cm³/mol. The van der Waals surface area contributed by atoms with Crippen LogP contribution in [-0.4, -0.2) is 23.0 Å². The van der Waals surface area contributed by atoms with Crippen LogP contribution in [0.25, 0.3) is 0 Å². The number of ketones is 1. The molecule has 14 heavy (non-hydrogen) atoms. The van der Waals surface area contributed by atoms with Crippen molar-refractivity contribution in [3.63, 3.8) is 0 Å². The Hall–Kier alpha value is -0.760. The molecule has 1 nitrogen and oxygen atoms in total. The molecule has 1 aliphatic rings. The Kier molecular flexibility index (Phi) is 2.92. The van der Waals surface area contributed by atoms with Gasteiger partial charge >= 0.3 is 0 Å². The molecule has 1 aliphatic heterocycles. The van der Waals surface area contributed by atoms with Crippen molar-refractivity contribution in [2.24, 2.45) is 0 Å². The van der Waals surface area contributed by atoms with E-state index in [1.54, 1.807) is 0 Å². The maximum absolute atomic E-state index is 12.1. The minimum Gasteiger partial charge on any atom is -0.288 e. The zero-order chi connectivity index (χ0) is 9.97. The number of benzene rings is 1. The van der Waals surface area contributed by atoms with Crippen LogP contribution < -0.4 is 0 Å². The van der Waals surface area contributed by atoms with E-state index in [2.05, 4.69) is 6.26 Å². The Morgan fingerprint density at radius 1 is 1.36 bits per heavy atom. The first-order valence-electron chi connectivity index (χ1n) is 4.99. The molecule has 0 aromatic heterocycles. The van der Waals surface area contributed by atoms with Crippen molar-refractivity contribution in [1.82, 2.24) is 0 Å². The molecule has 0 N–H and O–H groups in total. The Morgan fingerprint density at radius 3 is 2.64 bits per heavy atom. The highest BCUT2D eigenvalue weighted by atomic mass is 32.2. The highest BCUT2D eigenvalue weighted by Crippen LogP contribution is 2.23. The van der Waals surface area contributed by atoms with Gasteiger partial charge in [-0.3, -0.25) is 4.79 Å². The molecule has 1 saturated heterocycles. The summed E-state index contributed by atoms with van der Waals surface area (Å²) in [6, 6.07) is 9.69. The maximum atomic E-state index is 12.1. The fourth-order valence-electron chi connectivity index (χ4n) is 1.94. The summed E-state index contributed by atoms with van der Waals surface area (Å²) >= 11 is 0. The van der Waals surface area contributed by atoms with Gasteiger partial charge in [-0.25, -0.2) is 0 Å². The van der Waals surface area contributed by atoms with Gasteiger partial charge in [-0.15, -0.1) is 0 Å². The molecule has 2 unspecified atom stereocenters. The second-order valence-corrected chi connectivity index (χ2v) is 6.12. The van der Waals surface area contributed by atoms with Crippen LogP contribution in [0, 0.1) is 0 Å². The molecule has 0 radical (unpaired) electrons. The van der Waals surface area contributed by atoms with Crippen LogP contribution >= 0.6 is 0 Å². The fourth-order valence-corrected chi connectivity index (χ4v) is 3.92. The molecule has 0 saturated carbocycles. The lowest BCUT2D eigenvalue weighted by molar-refractivity contribution is 0.0988. The number of rotatable bonds is 2. The van der Waals surface area contributed by atoms with Crippen molar-refractivity contribution >= 4 is 16.7 Å². The Labute approximate surface area is 87.9 Å². The zero-order valence-electron chi connectivity index (χ0n) is 8.40. The van der Waals surface area contributed by atoms with Crippen LogP contribution in [0.5, 0.6) is 0 Å². The van der Waals surface area contributed by atoms with E-state index in [9.17, 15) is 4.79 Å². The quantitative estimate of drug-likeness (QED) is 0.537. The van der Waals surface area contributed by atoms with Crippen LogP contribution in [-0.2, 0) is 10.9 Å². The molecule has 1 fully saturated rings. The van der Waals surface area contributed by atoms with Crippen molar-refractivity contribution in [2.75, 3.05) is 12.0 Å². The normalized spacial score (nSPS) is 26.4. The highest BCUT2D eigenvalue weighted by molar-refractivity contribution is 7.97. The molecule has 0 amide bonds. The smallest absolute Gasteiger partial charge is 0.214 e. The number of hydrogen-bond acceptors (Lipinski definition) is 1. The third kappa shape index (κ3) is 1.85. The molecule has 74 valence electrons. The standard InChI is InChI=1S/C12H15OS/c1-14-9-5-8-11(14)12(13)10-6-3-2-4-7-10/h2-4,6-7,11H,5,8-9H2,1H3/q+1. The number of Topliss-reactive ketones (excluding diaryl/α,β-unsaturated/α-hetero) is 1. The molecule has 1 aromatic carbocycles. The number of carbonyl (C=O) groups excluding carboxylic acids is 1. The molecule has 0 bridgehead atoms. The Bertz CT molecular complexity index is 320. The second kappa shape index (κ2) is 4.18. The summed E-state index contributed by atoms with van der Waals surface area (Å²) in [6.07, 6.45) is 4.54. The summed E-state index contributed by atoms with van der Waals surface area (Å²) in [5, 5.41) is 0.303. The van der Waals surface area contributed by atoms with Gasteiger partial charge in [-0.1, -0.05) is 30.3 Å². The zero-order valence-corrected chi connectivity index (χ0v) is 9.22. The van der Waals surface area contributed by atoms with E-state index in [0.29, 0.717) is 21.9 Å². The topological polar surface area (TPSA) is 17.1 Å². The van der Waals surface area contributed by atoms with E-state index in [-0.39, 0.29) is 0 Å². The summed E-state index contributed by atoms with van der Waals surface area (Å²) in [5.74, 6) is 1.59. The van der Waals surface area contributed by atoms with E-state index in [1.807, 2.05) is 30.3 Å². The molecule has 0 spiro atoms. The first-order valence-corrected chi connectivity index (χ1v) is 6.86. The van der Waals surface area contributed by atoms with Gasteiger partial charge in [0, 0.05) is 12.0 Å². The van der Waals surface area contributed by atoms with E-state index in [4.69, 9.17) is 0 Å². The van der Waals surface area contributed by atoms with E-state index in [0.717, 1.165) is 12.0 Å². The SMILES string of the molecule is C[S+]1CCCC1C(=O)c1ccccc1. The predicted octanol–water partition coefficient (Wildman–Crippen LogP) is 2.28. The van der Waals surface area contributed by atoms with Crippen LogP contribution in [0.4, 0.5) is 0 Å². The highest BCUT2D eigenvalue weighted by Gasteiger charge is 2.38. The molecular formula is C12H15OS+. The van der Waals surface area contributed by atoms with Gasteiger partial charge in [-0.05, 0) is 17.3 Å². The van der Waals surface area contributed by atoms with Gasteiger partial charge < -0.3 is 0 Å². The monoisotopic (exact) mass is 207 g/mol. The van der Waals surface area contributed by atoms with Crippen LogP contribution in [0.2, 0.25) is 0 Å².